The second-order valence-corrected chi connectivity index (χ2v) is 9.23. The third kappa shape index (κ3) is 3.57. The minimum absolute atomic E-state index is 0.585. The summed E-state index contributed by atoms with van der Waals surface area (Å²) in [5, 5.41) is 5.54. The van der Waals surface area contributed by atoms with Gasteiger partial charge in [-0.25, -0.2) is 4.98 Å². The van der Waals surface area contributed by atoms with Gasteiger partial charge in [0, 0.05) is 88.3 Å². The Morgan fingerprint density at radius 3 is 2.84 bits per heavy atom. The van der Waals surface area contributed by atoms with Gasteiger partial charge in [-0.2, -0.15) is 4.98 Å². The van der Waals surface area contributed by atoms with Crippen molar-refractivity contribution in [2.75, 3.05) is 43.4 Å². The third-order valence-corrected chi connectivity index (χ3v) is 7.13. The molecule has 0 saturated carbocycles. The molecule has 7 nitrogen and oxygen atoms in total. The smallest absolute Gasteiger partial charge is 0.229 e. The van der Waals surface area contributed by atoms with E-state index in [1.807, 2.05) is 30.9 Å². The average molecular weight is 442 g/mol. The van der Waals surface area contributed by atoms with E-state index in [2.05, 4.69) is 67.4 Å². The molecule has 160 valence electrons. The second-order valence-electron chi connectivity index (χ2n) is 8.15. The Kier molecular flexibility index (Phi) is 4.74. The molecule has 5 aromatic rings. The monoisotopic (exact) mass is 441 g/mol. The summed E-state index contributed by atoms with van der Waals surface area (Å²) in [6, 6.07) is 12.7. The molecular formula is C24H23N7S. The predicted molar refractivity (Wildman–Crippen MR) is 132 cm³/mol. The van der Waals surface area contributed by atoms with Crippen molar-refractivity contribution in [3.8, 4) is 10.4 Å². The fourth-order valence-corrected chi connectivity index (χ4v) is 5.22. The van der Waals surface area contributed by atoms with Gasteiger partial charge in [-0.3, -0.25) is 4.98 Å². The number of rotatable bonds is 4. The molecule has 0 radical (unpaired) electrons. The van der Waals surface area contributed by atoms with Crippen molar-refractivity contribution in [3.63, 3.8) is 0 Å². The number of anilines is 3. The Hall–Kier alpha value is -3.49. The quantitative estimate of drug-likeness (QED) is 0.420. The molecular weight excluding hydrogens is 418 g/mol. The summed E-state index contributed by atoms with van der Waals surface area (Å²) in [7, 11) is 2.17. The number of nitrogens with one attached hydrogen (secondary N) is 2. The van der Waals surface area contributed by atoms with Crippen molar-refractivity contribution in [2.45, 2.75) is 0 Å². The number of hydrogen-bond donors (Lipinski definition) is 2. The van der Waals surface area contributed by atoms with Crippen LogP contribution < -0.4 is 10.2 Å². The number of nitrogens with zero attached hydrogens (tertiary/aromatic N) is 5. The van der Waals surface area contributed by atoms with Crippen molar-refractivity contribution in [2.24, 2.45) is 0 Å². The first kappa shape index (κ1) is 19.2. The summed E-state index contributed by atoms with van der Waals surface area (Å²) >= 11 is 1.75. The standard InChI is InChI=1S/C24H23N7S/c1-30-7-9-31(10-8-30)18-4-2-3-17(12-18)28-24-27-15-20-19(14-26-23(20)29-24)22-11-16-13-25-6-5-21(16)32-22/h2-6,11-15H,7-10H2,1H3,(H2,26,27,28,29). The number of aromatic nitrogens is 4. The summed E-state index contributed by atoms with van der Waals surface area (Å²) in [6.07, 6.45) is 7.63. The van der Waals surface area contributed by atoms with Crippen LogP contribution in [0.4, 0.5) is 17.3 Å². The van der Waals surface area contributed by atoms with E-state index in [1.54, 1.807) is 11.3 Å². The maximum absolute atomic E-state index is 4.72. The Morgan fingerprint density at radius 2 is 1.97 bits per heavy atom. The van der Waals surface area contributed by atoms with E-state index in [-0.39, 0.29) is 0 Å². The highest BCUT2D eigenvalue weighted by Gasteiger charge is 2.15. The molecule has 1 aliphatic heterocycles. The Balaban J connectivity index is 1.26. The van der Waals surface area contributed by atoms with Crippen LogP contribution in [0.1, 0.15) is 0 Å². The van der Waals surface area contributed by atoms with Crippen LogP contribution in [0, 0.1) is 0 Å². The fraction of sp³-hybridized carbons (Fsp3) is 0.208. The number of fused-ring (bicyclic) bond motifs is 2. The van der Waals surface area contributed by atoms with Crippen molar-refractivity contribution in [1.82, 2.24) is 24.8 Å². The molecule has 0 spiro atoms. The highest BCUT2D eigenvalue weighted by molar-refractivity contribution is 7.22. The lowest BCUT2D eigenvalue weighted by molar-refractivity contribution is 0.313. The van der Waals surface area contributed by atoms with E-state index in [4.69, 9.17) is 4.98 Å². The summed E-state index contributed by atoms with van der Waals surface area (Å²) in [5.74, 6) is 0.585. The number of hydrogen-bond acceptors (Lipinski definition) is 7. The summed E-state index contributed by atoms with van der Waals surface area (Å²) in [5.41, 5.74) is 4.16. The number of thiophene rings is 1. The van der Waals surface area contributed by atoms with E-state index >= 15 is 0 Å². The maximum atomic E-state index is 4.72. The first-order valence-corrected chi connectivity index (χ1v) is 11.5. The number of likely N-dealkylation sites (N-methyl/N-ethyl adjacent to an activating group) is 1. The molecule has 2 N–H and O–H groups in total. The molecule has 32 heavy (non-hydrogen) atoms. The van der Waals surface area contributed by atoms with Crippen molar-refractivity contribution >= 4 is 49.8 Å². The van der Waals surface area contributed by atoms with Crippen molar-refractivity contribution < 1.29 is 0 Å². The lowest BCUT2D eigenvalue weighted by Crippen LogP contribution is -2.44. The van der Waals surface area contributed by atoms with E-state index < -0.39 is 0 Å². The number of aromatic amines is 1. The van der Waals surface area contributed by atoms with E-state index in [1.165, 1.54) is 15.3 Å². The molecule has 6 rings (SSSR count). The van der Waals surface area contributed by atoms with Gasteiger partial charge >= 0.3 is 0 Å². The van der Waals surface area contributed by atoms with Crippen LogP contribution >= 0.6 is 11.3 Å². The highest BCUT2D eigenvalue weighted by atomic mass is 32.1. The normalized spacial score (nSPS) is 15.0. The summed E-state index contributed by atoms with van der Waals surface area (Å²) in [6.45, 7) is 4.26. The Morgan fingerprint density at radius 1 is 1.06 bits per heavy atom. The minimum atomic E-state index is 0.585. The number of piperazine rings is 1. The van der Waals surface area contributed by atoms with Crippen molar-refractivity contribution in [1.29, 1.82) is 0 Å². The van der Waals surface area contributed by atoms with Gasteiger partial charge in [0.25, 0.3) is 0 Å². The van der Waals surface area contributed by atoms with Crippen LogP contribution in [0.25, 0.3) is 31.6 Å². The maximum Gasteiger partial charge on any atom is 0.229 e. The van der Waals surface area contributed by atoms with Crippen LogP contribution in [0.2, 0.25) is 0 Å². The number of benzene rings is 1. The first-order valence-electron chi connectivity index (χ1n) is 10.7. The molecule has 8 heteroatoms. The summed E-state index contributed by atoms with van der Waals surface area (Å²) < 4.78 is 1.23. The molecule has 1 fully saturated rings. The van der Waals surface area contributed by atoms with Crippen LogP contribution in [0.3, 0.4) is 0 Å². The SMILES string of the molecule is CN1CCN(c2cccc(Nc3ncc4c(-c5cc6cnccc6s5)c[nH]c4n3)c2)CC1. The molecule has 0 amide bonds. The van der Waals surface area contributed by atoms with E-state index in [0.717, 1.165) is 53.8 Å². The van der Waals surface area contributed by atoms with E-state index in [9.17, 15) is 0 Å². The molecule has 4 aromatic heterocycles. The highest BCUT2D eigenvalue weighted by Crippen LogP contribution is 2.36. The van der Waals surface area contributed by atoms with Crippen LogP contribution in [0.5, 0.6) is 0 Å². The zero-order valence-corrected chi connectivity index (χ0v) is 18.6. The van der Waals surface area contributed by atoms with Gasteiger partial charge in [0.2, 0.25) is 5.95 Å². The first-order chi connectivity index (χ1) is 15.7. The number of H-pyrrole nitrogens is 1. The molecule has 0 unspecified atom stereocenters. The molecule has 1 aromatic carbocycles. The van der Waals surface area contributed by atoms with Crippen LogP contribution in [-0.4, -0.2) is 58.1 Å². The molecule has 0 bridgehead atoms. The zero-order valence-electron chi connectivity index (χ0n) is 17.7. The second kappa shape index (κ2) is 7.89. The van der Waals surface area contributed by atoms with Gasteiger partial charge in [-0.15, -0.1) is 11.3 Å². The minimum Gasteiger partial charge on any atom is -0.369 e. The zero-order chi connectivity index (χ0) is 21.5. The molecule has 5 heterocycles. The van der Waals surface area contributed by atoms with E-state index in [0.29, 0.717) is 5.95 Å². The lowest BCUT2D eigenvalue weighted by Gasteiger charge is -2.34. The topological polar surface area (TPSA) is 73.0 Å². The lowest BCUT2D eigenvalue weighted by atomic mass is 10.2. The van der Waals surface area contributed by atoms with Gasteiger partial charge in [0.15, 0.2) is 0 Å². The molecule has 0 aliphatic carbocycles. The van der Waals surface area contributed by atoms with Gasteiger partial charge < -0.3 is 20.1 Å². The van der Waals surface area contributed by atoms with Gasteiger partial charge in [0.1, 0.15) is 5.65 Å². The summed E-state index contributed by atoms with van der Waals surface area (Å²) in [4.78, 5) is 22.8. The third-order valence-electron chi connectivity index (χ3n) is 5.98. The van der Waals surface area contributed by atoms with Crippen LogP contribution in [-0.2, 0) is 0 Å². The Labute approximate surface area is 189 Å². The van der Waals surface area contributed by atoms with Crippen molar-refractivity contribution in [3.05, 3.63) is 61.2 Å². The predicted octanol–water partition coefficient (Wildman–Crippen LogP) is 4.73. The molecule has 1 saturated heterocycles. The fourth-order valence-electron chi connectivity index (χ4n) is 4.16. The largest absolute Gasteiger partial charge is 0.369 e. The van der Waals surface area contributed by atoms with Crippen LogP contribution in [0.15, 0.2) is 61.2 Å². The van der Waals surface area contributed by atoms with Gasteiger partial charge in [-0.05, 0) is 37.4 Å². The molecule has 0 atom stereocenters. The Bertz CT molecular complexity index is 1370. The number of pyridine rings is 1. The van der Waals surface area contributed by atoms with Gasteiger partial charge in [-0.1, -0.05) is 6.07 Å². The van der Waals surface area contributed by atoms with Gasteiger partial charge in [0.05, 0.1) is 0 Å². The molecule has 1 aliphatic rings. The average Bonchev–Trinajstić information content (AvgIpc) is 3.43.